The number of ether oxygens (including phenoxy) is 1. The maximum Gasteiger partial charge on any atom is 0.300 e. The van der Waals surface area contributed by atoms with E-state index in [1.54, 1.807) is 42.5 Å². The first kappa shape index (κ1) is 22.0. The van der Waals surface area contributed by atoms with E-state index in [2.05, 4.69) is 0 Å². The Morgan fingerprint density at radius 1 is 1.06 bits per heavy atom. The molecule has 1 atom stereocenters. The topological polar surface area (TPSA) is 70.1 Å². The number of nitrogens with zero attached hydrogens (tertiary/aromatic N) is 2. The summed E-state index contributed by atoms with van der Waals surface area (Å²) in [5, 5.41) is 11.8. The maximum atomic E-state index is 13.7. The molecule has 1 unspecified atom stereocenters. The molecule has 3 aromatic carbocycles. The highest BCUT2D eigenvalue weighted by atomic mass is 35.5. The normalized spacial score (nSPS) is 19.2. The number of ketones is 1. The zero-order valence-corrected chi connectivity index (χ0v) is 18.9. The molecule has 2 aliphatic rings. The van der Waals surface area contributed by atoms with E-state index in [1.165, 1.54) is 29.2 Å². The summed E-state index contributed by atoms with van der Waals surface area (Å²) in [6.07, 6.45) is 0. The first-order valence-electron chi connectivity index (χ1n) is 10.7. The Morgan fingerprint density at radius 2 is 1.76 bits per heavy atom. The second-order valence-electron chi connectivity index (χ2n) is 8.15. The number of fused-ring (bicyclic) bond motifs is 1. The third-order valence-electron chi connectivity index (χ3n) is 6.06. The molecule has 8 heteroatoms. The number of halogens is 2. The summed E-state index contributed by atoms with van der Waals surface area (Å²) >= 11 is 6.01. The molecular weight excluding hydrogens is 459 g/mol. The van der Waals surface area contributed by atoms with Crippen molar-refractivity contribution in [2.45, 2.75) is 6.04 Å². The maximum absolute atomic E-state index is 13.7. The SMILES string of the molecule is CN1CCOc2ccc(/C(O)=C3/C(=O)C(=O)N(c4ccc(Cl)cc4)C3c3ccc(F)cc3)cc21. The molecule has 0 saturated carbocycles. The molecule has 0 aliphatic carbocycles. The minimum absolute atomic E-state index is 0.0779. The van der Waals surface area contributed by atoms with Gasteiger partial charge in [0.1, 0.15) is 23.9 Å². The van der Waals surface area contributed by atoms with Crippen molar-refractivity contribution in [2.75, 3.05) is 30.0 Å². The number of aliphatic hydroxyl groups is 1. The van der Waals surface area contributed by atoms with E-state index in [1.807, 2.05) is 11.9 Å². The van der Waals surface area contributed by atoms with Crippen LogP contribution in [0.4, 0.5) is 15.8 Å². The average Bonchev–Trinajstić information content (AvgIpc) is 3.10. The molecule has 1 fully saturated rings. The van der Waals surface area contributed by atoms with Crippen LogP contribution in [-0.2, 0) is 9.59 Å². The van der Waals surface area contributed by atoms with Gasteiger partial charge in [-0.05, 0) is 60.2 Å². The molecule has 172 valence electrons. The summed E-state index contributed by atoms with van der Waals surface area (Å²) in [6, 6.07) is 16.1. The number of Topliss-reactive ketones (excluding diaryl/α,β-unsaturated/α-hetero) is 1. The first-order chi connectivity index (χ1) is 16.3. The van der Waals surface area contributed by atoms with Gasteiger partial charge in [0.05, 0.1) is 23.8 Å². The Hall–Kier alpha value is -3.84. The monoisotopic (exact) mass is 478 g/mol. The zero-order valence-electron chi connectivity index (χ0n) is 18.2. The number of carbonyl (C=O) groups excluding carboxylic acids is 2. The van der Waals surface area contributed by atoms with Crippen LogP contribution >= 0.6 is 11.6 Å². The van der Waals surface area contributed by atoms with Gasteiger partial charge >= 0.3 is 0 Å². The summed E-state index contributed by atoms with van der Waals surface area (Å²) in [5.41, 5.74) is 1.97. The summed E-state index contributed by atoms with van der Waals surface area (Å²) < 4.78 is 19.3. The van der Waals surface area contributed by atoms with Gasteiger partial charge in [-0.15, -0.1) is 0 Å². The van der Waals surface area contributed by atoms with Crippen molar-refractivity contribution in [2.24, 2.45) is 0 Å². The van der Waals surface area contributed by atoms with E-state index < -0.39 is 23.5 Å². The second-order valence-corrected chi connectivity index (χ2v) is 8.59. The van der Waals surface area contributed by atoms with E-state index in [9.17, 15) is 19.1 Å². The van der Waals surface area contributed by atoms with Gasteiger partial charge in [-0.25, -0.2) is 4.39 Å². The van der Waals surface area contributed by atoms with Crippen LogP contribution in [0.1, 0.15) is 17.2 Å². The van der Waals surface area contributed by atoms with Crippen LogP contribution in [0.25, 0.3) is 5.76 Å². The molecular formula is C26H20ClFN2O4. The van der Waals surface area contributed by atoms with E-state index in [0.717, 1.165) is 5.69 Å². The summed E-state index contributed by atoms with van der Waals surface area (Å²) in [5.74, 6) is -1.72. The van der Waals surface area contributed by atoms with Crippen LogP contribution in [0.2, 0.25) is 5.02 Å². The Morgan fingerprint density at radius 3 is 2.47 bits per heavy atom. The highest BCUT2D eigenvalue weighted by Crippen LogP contribution is 2.43. The van der Waals surface area contributed by atoms with Crippen LogP contribution in [-0.4, -0.2) is 37.0 Å². The standard InChI is InChI=1S/C26H20ClFN2O4/c1-29-12-13-34-21-11-4-16(14-20(21)29)24(31)22-23(15-2-7-18(28)8-3-15)30(26(33)25(22)32)19-9-5-17(27)6-10-19/h2-11,14,23,31H,12-13H2,1H3/b24-22-. The Bertz CT molecular complexity index is 1320. The summed E-state index contributed by atoms with van der Waals surface area (Å²) in [4.78, 5) is 29.7. The van der Waals surface area contributed by atoms with Gasteiger partial charge in [0.25, 0.3) is 11.7 Å². The third-order valence-corrected chi connectivity index (χ3v) is 6.31. The van der Waals surface area contributed by atoms with Crippen LogP contribution in [0.15, 0.2) is 72.3 Å². The average molecular weight is 479 g/mol. The number of hydrogen-bond donors (Lipinski definition) is 1. The van der Waals surface area contributed by atoms with E-state index in [4.69, 9.17) is 16.3 Å². The van der Waals surface area contributed by atoms with Crippen molar-refractivity contribution in [1.82, 2.24) is 0 Å². The van der Waals surface area contributed by atoms with Gasteiger partial charge in [0.2, 0.25) is 0 Å². The molecule has 3 aromatic rings. The van der Waals surface area contributed by atoms with Crippen molar-refractivity contribution in [3.8, 4) is 5.75 Å². The summed E-state index contributed by atoms with van der Waals surface area (Å²) in [6.45, 7) is 1.22. The lowest BCUT2D eigenvalue weighted by Crippen LogP contribution is -2.29. The molecule has 6 nitrogen and oxygen atoms in total. The van der Waals surface area contributed by atoms with Crippen LogP contribution in [0.3, 0.4) is 0 Å². The molecule has 0 bridgehead atoms. The van der Waals surface area contributed by atoms with Crippen molar-refractivity contribution in [3.63, 3.8) is 0 Å². The quantitative estimate of drug-likeness (QED) is 0.328. The van der Waals surface area contributed by atoms with Crippen LogP contribution in [0, 0.1) is 5.82 Å². The molecule has 0 radical (unpaired) electrons. The molecule has 1 N–H and O–H groups in total. The fourth-order valence-corrected chi connectivity index (χ4v) is 4.44. The molecule has 1 saturated heterocycles. The van der Waals surface area contributed by atoms with Crippen LogP contribution < -0.4 is 14.5 Å². The van der Waals surface area contributed by atoms with Crippen molar-refractivity contribution >= 4 is 40.4 Å². The Labute approximate surface area is 200 Å². The number of amides is 1. The molecule has 2 heterocycles. The van der Waals surface area contributed by atoms with Crippen molar-refractivity contribution < 1.29 is 23.8 Å². The molecule has 34 heavy (non-hydrogen) atoms. The lowest BCUT2D eigenvalue weighted by molar-refractivity contribution is -0.132. The largest absolute Gasteiger partial charge is 0.507 e. The third kappa shape index (κ3) is 3.68. The Kier molecular flexibility index (Phi) is 5.49. The van der Waals surface area contributed by atoms with Gasteiger partial charge in [0, 0.05) is 23.3 Å². The predicted molar refractivity (Wildman–Crippen MR) is 128 cm³/mol. The Balaban J connectivity index is 1.69. The van der Waals surface area contributed by atoms with E-state index in [0.29, 0.717) is 40.7 Å². The smallest absolute Gasteiger partial charge is 0.300 e. The van der Waals surface area contributed by atoms with E-state index >= 15 is 0 Å². The molecule has 0 spiro atoms. The lowest BCUT2D eigenvalue weighted by Gasteiger charge is -2.28. The van der Waals surface area contributed by atoms with Gasteiger partial charge in [0.15, 0.2) is 0 Å². The number of carbonyl (C=O) groups is 2. The number of rotatable bonds is 3. The fourth-order valence-electron chi connectivity index (χ4n) is 4.31. The lowest BCUT2D eigenvalue weighted by atomic mass is 9.94. The number of aliphatic hydroxyl groups excluding tert-OH is 1. The zero-order chi connectivity index (χ0) is 24.0. The first-order valence-corrected chi connectivity index (χ1v) is 11.0. The minimum atomic E-state index is -0.952. The number of likely N-dealkylation sites (N-methyl/N-ethyl adjacent to an activating group) is 1. The van der Waals surface area contributed by atoms with Gasteiger partial charge in [-0.2, -0.15) is 0 Å². The molecule has 1 amide bonds. The molecule has 5 rings (SSSR count). The van der Waals surface area contributed by atoms with Crippen molar-refractivity contribution in [1.29, 1.82) is 0 Å². The van der Waals surface area contributed by atoms with Crippen LogP contribution in [0.5, 0.6) is 5.75 Å². The fraction of sp³-hybridized carbons (Fsp3) is 0.154. The summed E-state index contributed by atoms with van der Waals surface area (Å²) in [7, 11) is 1.91. The van der Waals surface area contributed by atoms with Gasteiger partial charge in [-0.3, -0.25) is 14.5 Å². The van der Waals surface area contributed by atoms with Gasteiger partial charge < -0.3 is 14.7 Å². The highest BCUT2D eigenvalue weighted by molar-refractivity contribution is 6.51. The van der Waals surface area contributed by atoms with E-state index in [-0.39, 0.29) is 11.3 Å². The second kappa shape index (κ2) is 8.50. The molecule has 2 aliphatic heterocycles. The highest BCUT2D eigenvalue weighted by Gasteiger charge is 2.47. The molecule has 0 aromatic heterocycles. The number of benzene rings is 3. The predicted octanol–water partition coefficient (Wildman–Crippen LogP) is 4.93. The minimum Gasteiger partial charge on any atom is -0.507 e. The van der Waals surface area contributed by atoms with Crippen molar-refractivity contribution in [3.05, 3.63) is 94.3 Å². The number of anilines is 2. The van der Waals surface area contributed by atoms with Gasteiger partial charge in [-0.1, -0.05) is 23.7 Å². The number of hydrogen-bond acceptors (Lipinski definition) is 5.